The van der Waals surface area contributed by atoms with E-state index < -0.39 is 0 Å². The van der Waals surface area contributed by atoms with Crippen molar-refractivity contribution >= 4 is 5.69 Å². The Bertz CT molecular complexity index is 290. The third kappa shape index (κ3) is 1.74. The van der Waals surface area contributed by atoms with Crippen molar-refractivity contribution < 1.29 is 0 Å². The van der Waals surface area contributed by atoms with Gasteiger partial charge in [0, 0.05) is 0 Å². The lowest BCUT2D eigenvalue weighted by Gasteiger charge is -2.03. The van der Waals surface area contributed by atoms with E-state index in [0.717, 1.165) is 17.7 Å². The maximum atomic E-state index is 8.66. The molecule has 0 aromatic heterocycles. The molecule has 1 aromatic rings. The molecular formula is C9H11N3. The summed E-state index contributed by atoms with van der Waals surface area (Å²) >= 11 is 0. The highest BCUT2D eigenvalue weighted by Crippen LogP contribution is 2.13. The number of nitriles is 1. The number of nitrogen functional groups attached to an aromatic ring is 1. The number of rotatable bonds is 2. The van der Waals surface area contributed by atoms with Gasteiger partial charge in [0.25, 0.3) is 0 Å². The molecule has 12 heavy (non-hydrogen) atoms. The second kappa shape index (κ2) is 3.74. The van der Waals surface area contributed by atoms with Gasteiger partial charge in [0.15, 0.2) is 0 Å². The van der Waals surface area contributed by atoms with Gasteiger partial charge in [-0.05, 0) is 30.2 Å². The van der Waals surface area contributed by atoms with Crippen molar-refractivity contribution in [3.8, 4) is 6.07 Å². The number of nitrogens with one attached hydrogen (secondary N) is 1. The standard InChI is InChI=1S/C9H11N3/c1-2-7-3-8(6-10)5-9(4-7)12-11/h3-5,12H,2,11H2,1H3. The Morgan fingerprint density at radius 1 is 1.50 bits per heavy atom. The van der Waals surface area contributed by atoms with Crippen LogP contribution >= 0.6 is 0 Å². The molecule has 0 unspecified atom stereocenters. The highest BCUT2D eigenvalue weighted by atomic mass is 15.2. The molecule has 1 aromatic carbocycles. The zero-order valence-corrected chi connectivity index (χ0v) is 6.96. The molecule has 0 saturated carbocycles. The smallest absolute Gasteiger partial charge is 0.0992 e. The number of aryl methyl sites for hydroxylation is 1. The van der Waals surface area contributed by atoms with Gasteiger partial charge in [0.05, 0.1) is 17.3 Å². The van der Waals surface area contributed by atoms with E-state index in [-0.39, 0.29) is 0 Å². The maximum absolute atomic E-state index is 8.66. The first kappa shape index (κ1) is 8.57. The second-order valence-electron chi connectivity index (χ2n) is 2.53. The van der Waals surface area contributed by atoms with E-state index >= 15 is 0 Å². The van der Waals surface area contributed by atoms with Crippen LogP contribution < -0.4 is 11.3 Å². The molecule has 0 aliphatic carbocycles. The summed E-state index contributed by atoms with van der Waals surface area (Å²) in [6.45, 7) is 2.04. The van der Waals surface area contributed by atoms with Crippen molar-refractivity contribution in [2.24, 2.45) is 5.84 Å². The molecule has 0 saturated heterocycles. The molecular weight excluding hydrogens is 150 g/mol. The number of nitrogens with zero attached hydrogens (tertiary/aromatic N) is 1. The maximum Gasteiger partial charge on any atom is 0.0992 e. The molecule has 0 radical (unpaired) electrons. The van der Waals surface area contributed by atoms with Crippen LogP contribution in [0.15, 0.2) is 18.2 Å². The van der Waals surface area contributed by atoms with Crippen molar-refractivity contribution in [1.82, 2.24) is 0 Å². The van der Waals surface area contributed by atoms with Crippen molar-refractivity contribution in [2.45, 2.75) is 13.3 Å². The van der Waals surface area contributed by atoms with Gasteiger partial charge in [0.1, 0.15) is 0 Å². The summed E-state index contributed by atoms with van der Waals surface area (Å²) in [7, 11) is 0. The summed E-state index contributed by atoms with van der Waals surface area (Å²) in [4.78, 5) is 0. The Labute approximate surface area is 71.8 Å². The molecule has 62 valence electrons. The summed E-state index contributed by atoms with van der Waals surface area (Å²) in [6.07, 6.45) is 0.907. The van der Waals surface area contributed by atoms with Gasteiger partial charge in [-0.25, -0.2) is 0 Å². The van der Waals surface area contributed by atoms with E-state index in [9.17, 15) is 0 Å². The summed E-state index contributed by atoms with van der Waals surface area (Å²) in [6, 6.07) is 7.60. The largest absolute Gasteiger partial charge is 0.324 e. The molecule has 3 N–H and O–H groups in total. The van der Waals surface area contributed by atoms with E-state index in [1.165, 1.54) is 0 Å². The van der Waals surface area contributed by atoms with Crippen molar-refractivity contribution in [3.63, 3.8) is 0 Å². The first-order valence-corrected chi connectivity index (χ1v) is 3.80. The Morgan fingerprint density at radius 2 is 2.25 bits per heavy atom. The normalized spacial score (nSPS) is 9.08. The molecule has 0 fully saturated rings. The van der Waals surface area contributed by atoms with Crippen molar-refractivity contribution in [2.75, 3.05) is 5.43 Å². The molecule has 3 nitrogen and oxygen atoms in total. The number of anilines is 1. The lowest BCUT2D eigenvalue weighted by Crippen LogP contribution is -2.07. The van der Waals surface area contributed by atoms with Gasteiger partial charge < -0.3 is 5.43 Å². The fourth-order valence-corrected chi connectivity index (χ4v) is 1.04. The van der Waals surface area contributed by atoms with Crippen LogP contribution in [0.3, 0.4) is 0 Å². The first-order valence-electron chi connectivity index (χ1n) is 3.80. The summed E-state index contributed by atoms with van der Waals surface area (Å²) in [5.74, 6) is 5.24. The Kier molecular flexibility index (Phi) is 2.67. The lowest BCUT2D eigenvalue weighted by molar-refractivity contribution is 1.13. The number of hydrogen-bond acceptors (Lipinski definition) is 3. The van der Waals surface area contributed by atoms with Gasteiger partial charge in [-0.3, -0.25) is 5.84 Å². The number of hydrazine groups is 1. The molecule has 1 rings (SSSR count). The molecule has 3 heteroatoms. The predicted octanol–water partition coefficient (Wildman–Crippen LogP) is 1.41. The lowest BCUT2D eigenvalue weighted by atomic mass is 10.1. The first-order chi connectivity index (χ1) is 5.80. The number of nitrogens with two attached hydrogens (primary N) is 1. The van der Waals surface area contributed by atoms with Crippen LogP contribution in [-0.4, -0.2) is 0 Å². The monoisotopic (exact) mass is 161 g/mol. The third-order valence-corrected chi connectivity index (χ3v) is 1.70. The molecule has 0 amide bonds. The van der Waals surface area contributed by atoms with Crippen LogP contribution in [0.2, 0.25) is 0 Å². The third-order valence-electron chi connectivity index (χ3n) is 1.70. The SMILES string of the molecule is CCc1cc(C#N)cc(NN)c1. The number of hydrogen-bond donors (Lipinski definition) is 2. The van der Waals surface area contributed by atoms with E-state index in [1.807, 2.05) is 19.1 Å². The van der Waals surface area contributed by atoms with Crippen LogP contribution in [0, 0.1) is 11.3 Å². The van der Waals surface area contributed by atoms with Gasteiger partial charge >= 0.3 is 0 Å². The molecule has 0 heterocycles. The minimum Gasteiger partial charge on any atom is -0.324 e. The Balaban J connectivity index is 3.12. The summed E-state index contributed by atoms with van der Waals surface area (Å²) in [5, 5.41) is 8.66. The molecule has 0 atom stereocenters. The van der Waals surface area contributed by atoms with E-state index in [0.29, 0.717) is 5.56 Å². The Morgan fingerprint density at radius 3 is 2.75 bits per heavy atom. The zero-order valence-electron chi connectivity index (χ0n) is 6.96. The van der Waals surface area contributed by atoms with E-state index in [1.54, 1.807) is 6.07 Å². The average molecular weight is 161 g/mol. The van der Waals surface area contributed by atoms with Crippen LogP contribution in [0.4, 0.5) is 5.69 Å². The quantitative estimate of drug-likeness (QED) is 0.509. The van der Waals surface area contributed by atoms with Crippen LogP contribution in [0.25, 0.3) is 0 Å². The highest BCUT2D eigenvalue weighted by Gasteiger charge is 1.97. The minimum absolute atomic E-state index is 0.641. The molecule has 0 aliphatic heterocycles. The van der Waals surface area contributed by atoms with Crippen LogP contribution in [0.1, 0.15) is 18.1 Å². The van der Waals surface area contributed by atoms with Gasteiger partial charge in [-0.15, -0.1) is 0 Å². The molecule has 0 bridgehead atoms. The molecule has 0 spiro atoms. The zero-order chi connectivity index (χ0) is 8.97. The predicted molar refractivity (Wildman–Crippen MR) is 48.3 cm³/mol. The summed E-state index contributed by atoms with van der Waals surface area (Å²) < 4.78 is 0. The second-order valence-corrected chi connectivity index (χ2v) is 2.53. The Hall–Kier alpha value is -1.53. The highest BCUT2D eigenvalue weighted by molar-refractivity contribution is 5.51. The van der Waals surface area contributed by atoms with Crippen molar-refractivity contribution in [3.05, 3.63) is 29.3 Å². The fraction of sp³-hybridized carbons (Fsp3) is 0.222. The minimum atomic E-state index is 0.641. The van der Waals surface area contributed by atoms with Crippen molar-refractivity contribution in [1.29, 1.82) is 5.26 Å². The summed E-state index contributed by atoms with van der Waals surface area (Å²) in [5.41, 5.74) is 5.06. The average Bonchev–Trinajstić information content (AvgIpc) is 2.16. The molecule has 0 aliphatic rings. The van der Waals surface area contributed by atoms with Gasteiger partial charge in [-0.1, -0.05) is 6.92 Å². The van der Waals surface area contributed by atoms with Crippen LogP contribution in [0.5, 0.6) is 0 Å². The number of benzene rings is 1. The van der Waals surface area contributed by atoms with Crippen LogP contribution in [-0.2, 0) is 6.42 Å². The van der Waals surface area contributed by atoms with Gasteiger partial charge in [-0.2, -0.15) is 5.26 Å². The van der Waals surface area contributed by atoms with E-state index in [4.69, 9.17) is 11.1 Å². The van der Waals surface area contributed by atoms with Gasteiger partial charge in [0.2, 0.25) is 0 Å². The topological polar surface area (TPSA) is 61.8 Å². The fourth-order valence-electron chi connectivity index (χ4n) is 1.04. The van der Waals surface area contributed by atoms with E-state index in [2.05, 4.69) is 11.5 Å².